The molecule has 0 spiro atoms. The van der Waals surface area contributed by atoms with Gasteiger partial charge in [-0.2, -0.15) is 0 Å². The lowest BCUT2D eigenvalue weighted by Crippen LogP contribution is -2.49. The van der Waals surface area contributed by atoms with E-state index in [-0.39, 0.29) is 37.4 Å². The third-order valence-corrected chi connectivity index (χ3v) is 7.77. The molecule has 8 heteroatoms. The van der Waals surface area contributed by atoms with E-state index < -0.39 is 23.8 Å². The average Bonchev–Trinajstić information content (AvgIpc) is 3.30. The number of rotatable bonds is 4. The van der Waals surface area contributed by atoms with Gasteiger partial charge in [-0.05, 0) is 72.2 Å². The Hall–Kier alpha value is -3.59. The van der Waals surface area contributed by atoms with Crippen LogP contribution in [0.25, 0.3) is 11.1 Å². The van der Waals surface area contributed by atoms with Crippen LogP contribution >= 0.6 is 0 Å². The molecule has 0 saturated heterocycles. The van der Waals surface area contributed by atoms with Gasteiger partial charge in [0.2, 0.25) is 5.91 Å². The molecular weight excluding hydrogens is 526 g/mol. The first-order valence-corrected chi connectivity index (χ1v) is 14.1. The predicted molar refractivity (Wildman–Crippen MR) is 153 cm³/mol. The predicted octanol–water partition coefficient (Wildman–Crippen LogP) is 5.56. The van der Waals surface area contributed by atoms with Gasteiger partial charge in [0.15, 0.2) is 0 Å². The highest BCUT2D eigenvalue weighted by atomic mass is 19.1. The van der Waals surface area contributed by atoms with E-state index in [4.69, 9.17) is 9.47 Å². The fraction of sp³-hybridized carbons (Fsp3) is 0.364. The highest BCUT2D eigenvalue weighted by Gasteiger charge is 2.33. The molecule has 4 atom stereocenters. The summed E-state index contributed by atoms with van der Waals surface area (Å²) in [6.45, 7) is 0.630. The van der Waals surface area contributed by atoms with E-state index in [9.17, 15) is 18.7 Å². The molecule has 216 valence electrons. The minimum atomic E-state index is -1.00. The molecule has 1 aliphatic carbocycles. The minimum Gasteiger partial charge on any atom is -0.496 e. The zero-order valence-electron chi connectivity index (χ0n) is 23.1. The van der Waals surface area contributed by atoms with Crippen LogP contribution in [0.4, 0.5) is 8.78 Å². The summed E-state index contributed by atoms with van der Waals surface area (Å²) in [5, 5.41) is 17.6. The van der Waals surface area contributed by atoms with Crippen molar-refractivity contribution >= 4 is 5.91 Å². The molecule has 1 heterocycles. The number of aliphatic hydroxyl groups is 1. The van der Waals surface area contributed by atoms with Gasteiger partial charge in [0.1, 0.15) is 17.4 Å². The Kier molecular flexibility index (Phi) is 9.44. The number of ether oxygens (including phenoxy) is 2. The van der Waals surface area contributed by atoms with Crippen molar-refractivity contribution in [2.24, 2.45) is 0 Å². The zero-order chi connectivity index (χ0) is 28.8. The van der Waals surface area contributed by atoms with Crippen molar-refractivity contribution in [1.82, 2.24) is 10.6 Å². The first-order valence-electron chi connectivity index (χ1n) is 14.1. The molecule has 6 nitrogen and oxygen atoms in total. The van der Waals surface area contributed by atoms with E-state index in [1.165, 1.54) is 12.1 Å². The van der Waals surface area contributed by atoms with Gasteiger partial charge in [-0.3, -0.25) is 4.79 Å². The van der Waals surface area contributed by atoms with Crippen LogP contribution in [0.1, 0.15) is 54.5 Å². The second-order valence-corrected chi connectivity index (χ2v) is 10.6. The SMILES string of the molecule is COc1ccccc1-c1ccc2c(c1)[C@@H]1C[C@H]2OCC=CCCCC(=O)N[C@@H](Cc2cc(F)cc(F)c2)[C@H](O)CN1. The molecule has 0 saturated carbocycles. The van der Waals surface area contributed by atoms with Crippen molar-refractivity contribution in [3.05, 3.63) is 101 Å². The molecule has 0 radical (unpaired) electrons. The van der Waals surface area contributed by atoms with E-state index >= 15 is 0 Å². The monoisotopic (exact) mass is 562 g/mol. The van der Waals surface area contributed by atoms with Crippen molar-refractivity contribution < 1.29 is 28.2 Å². The van der Waals surface area contributed by atoms with Crippen molar-refractivity contribution in [3.63, 3.8) is 0 Å². The second kappa shape index (κ2) is 13.4. The molecule has 3 aromatic carbocycles. The Balaban J connectivity index is 1.42. The number of benzene rings is 3. The van der Waals surface area contributed by atoms with E-state index in [1.54, 1.807) is 7.11 Å². The molecule has 1 aliphatic heterocycles. The van der Waals surface area contributed by atoms with Crippen LogP contribution in [0.5, 0.6) is 5.75 Å². The Bertz CT molecular complexity index is 1380. The lowest BCUT2D eigenvalue weighted by atomic mass is 9.97. The summed E-state index contributed by atoms with van der Waals surface area (Å²) in [5.41, 5.74) is 4.52. The van der Waals surface area contributed by atoms with E-state index in [1.807, 2.05) is 36.4 Å². The number of carbonyl (C=O) groups is 1. The highest BCUT2D eigenvalue weighted by Crippen LogP contribution is 2.43. The molecule has 0 fully saturated rings. The third kappa shape index (κ3) is 7.19. The quantitative estimate of drug-likeness (QED) is 0.363. The summed E-state index contributed by atoms with van der Waals surface area (Å²) in [7, 11) is 1.65. The summed E-state index contributed by atoms with van der Waals surface area (Å²) >= 11 is 0. The van der Waals surface area contributed by atoms with E-state index in [0.717, 1.165) is 34.1 Å². The lowest BCUT2D eigenvalue weighted by molar-refractivity contribution is -0.122. The first-order chi connectivity index (χ1) is 19.9. The second-order valence-electron chi connectivity index (χ2n) is 10.6. The van der Waals surface area contributed by atoms with Gasteiger partial charge in [-0.25, -0.2) is 8.78 Å². The molecule has 0 aromatic heterocycles. The molecule has 3 aromatic rings. The largest absolute Gasteiger partial charge is 0.496 e. The highest BCUT2D eigenvalue weighted by molar-refractivity contribution is 5.76. The third-order valence-electron chi connectivity index (χ3n) is 7.77. The van der Waals surface area contributed by atoms with Crippen LogP contribution in [-0.2, 0) is 16.0 Å². The van der Waals surface area contributed by atoms with Gasteiger partial charge >= 0.3 is 0 Å². The van der Waals surface area contributed by atoms with Gasteiger partial charge in [0.05, 0.1) is 32.0 Å². The molecule has 3 N–H and O–H groups in total. The topological polar surface area (TPSA) is 79.8 Å². The van der Waals surface area contributed by atoms with Crippen LogP contribution < -0.4 is 15.4 Å². The molecule has 2 bridgehead atoms. The molecule has 0 unspecified atom stereocenters. The number of β-amino-alcohol motifs (C(OH)–C–C–N with tert-alkyl or cyclic N) is 1. The maximum atomic E-state index is 13.9. The van der Waals surface area contributed by atoms with Gasteiger partial charge in [-0.15, -0.1) is 0 Å². The fourth-order valence-corrected chi connectivity index (χ4v) is 5.73. The lowest BCUT2D eigenvalue weighted by Gasteiger charge is -2.26. The summed E-state index contributed by atoms with van der Waals surface area (Å²) in [4.78, 5) is 12.7. The van der Waals surface area contributed by atoms with Crippen molar-refractivity contribution in [2.45, 2.75) is 56.4 Å². The maximum Gasteiger partial charge on any atom is 0.220 e. The van der Waals surface area contributed by atoms with Crippen molar-refractivity contribution in [1.29, 1.82) is 0 Å². The number of amides is 1. The van der Waals surface area contributed by atoms with Crippen LogP contribution in [0.3, 0.4) is 0 Å². The number of nitrogens with one attached hydrogen (secondary N) is 2. The summed E-state index contributed by atoms with van der Waals surface area (Å²) in [5.74, 6) is -0.826. The van der Waals surface area contributed by atoms with Crippen LogP contribution in [0.15, 0.2) is 72.8 Å². The van der Waals surface area contributed by atoms with Crippen LogP contribution in [-0.4, -0.2) is 43.4 Å². The number of hydrogen-bond acceptors (Lipinski definition) is 5. The number of para-hydroxylation sites is 1. The molecule has 2 aliphatic rings. The standard InChI is InChI=1S/C33H36F2N2O4/c1-40-31-9-6-5-8-25(31)22-11-12-26-27(17-22)28-19-32(26)41-13-7-3-2-4-10-33(39)37-29(30(38)20-36-28)16-21-14-23(34)18-24(35)15-21/h3,5-9,11-12,14-15,17-18,28-30,32,36,38H,2,4,10,13,16,19-20H2,1H3,(H,37,39)/t28-,29-,30+,32+/m0/s1. The molecular formula is C33H36F2N2O4. The number of carbonyl (C=O) groups excluding carboxylic acids is 1. The normalized spacial score (nSPS) is 23.6. The van der Waals surface area contributed by atoms with E-state index in [2.05, 4.69) is 28.8 Å². The van der Waals surface area contributed by atoms with E-state index in [0.29, 0.717) is 31.4 Å². The van der Waals surface area contributed by atoms with Crippen LogP contribution in [0, 0.1) is 11.6 Å². The molecule has 41 heavy (non-hydrogen) atoms. The number of fused-ring (bicyclic) bond motifs is 5. The number of hydrogen-bond donors (Lipinski definition) is 3. The summed E-state index contributed by atoms with van der Waals surface area (Å²) in [6.07, 6.45) is 5.28. The Morgan fingerprint density at radius 2 is 1.83 bits per heavy atom. The Morgan fingerprint density at radius 3 is 2.63 bits per heavy atom. The summed E-state index contributed by atoms with van der Waals surface area (Å²) < 4.78 is 39.6. The van der Waals surface area contributed by atoms with Gasteiger partial charge in [0, 0.05) is 30.6 Å². The number of methoxy groups -OCH3 is 1. The summed E-state index contributed by atoms with van der Waals surface area (Å²) in [6, 6.07) is 16.6. The smallest absolute Gasteiger partial charge is 0.220 e. The van der Waals surface area contributed by atoms with Crippen molar-refractivity contribution in [3.8, 4) is 16.9 Å². The molecule has 1 amide bonds. The fourth-order valence-electron chi connectivity index (χ4n) is 5.73. The maximum absolute atomic E-state index is 13.9. The van der Waals surface area contributed by atoms with Gasteiger partial charge < -0.3 is 25.2 Å². The number of halogens is 2. The van der Waals surface area contributed by atoms with Gasteiger partial charge in [0.25, 0.3) is 0 Å². The number of allylic oxidation sites excluding steroid dienone is 1. The molecule has 5 rings (SSSR count). The minimum absolute atomic E-state index is 0.0914. The first kappa shape index (κ1) is 28.9. The Morgan fingerprint density at radius 1 is 1.02 bits per heavy atom. The number of aliphatic hydroxyl groups excluding tert-OH is 1. The average molecular weight is 563 g/mol. The van der Waals surface area contributed by atoms with Crippen molar-refractivity contribution in [2.75, 3.05) is 20.3 Å². The van der Waals surface area contributed by atoms with Crippen LogP contribution in [0.2, 0.25) is 0 Å². The van der Waals surface area contributed by atoms with Gasteiger partial charge in [-0.1, -0.05) is 42.5 Å². The Labute approximate surface area is 239 Å². The zero-order valence-corrected chi connectivity index (χ0v) is 23.1.